The number of hydrogen-bond donors (Lipinski definition) is 0. The number of Topliss-reactive ketones (excluding diaryl/α,β-unsaturated/α-hetero) is 2. The number of nitrogens with zero attached hydrogens (tertiary/aromatic N) is 4. The second-order valence-electron chi connectivity index (χ2n) is 15.8. The maximum absolute atomic E-state index is 15.8. The average Bonchev–Trinajstić information content (AvgIpc) is 3.68. The van der Waals surface area contributed by atoms with Crippen LogP contribution in [0.2, 0.25) is 10.0 Å². The molecule has 0 amide bonds. The lowest BCUT2D eigenvalue weighted by Crippen LogP contribution is -2.56. The van der Waals surface area contributed by atoms with Crippen LogP contribution in [0.15, 0.2) is 168 Å². The molecule has 2 aliphatic carbocycles. The van der Waals surface area contributed by atoms with E-state index in [1.807, 2.05) is 156 Å². The maximum atomic E-state index is 15.8. The average molecular weight is 800 g/mol. The Labute approximate surface area is 348 Å². The molecule has 8 heteroatoms. The summed E-state index contributed by atoms with van der Waals surface area (Å²) in [5, 5.41) is 16.5. The molecule has 0 fully saturated rings. The molecular weight excluding hydrogens is 759 g/mol. The van der Waals surface area contributed by atoms with Gasteiger partial charge in [0, 0.05) is 21.2 Å². The number of para-hydroxylation sites is 2. The maximum Gasteiger partial charge on any atom is 0.191 e. The Balaban J connectivity index is 1.28. The zero-order chi connectivity index (χ0) is 39.4. The van der Waals surface area contributed by atoms with Gasteiger partial charge in [0.05, 0.1) is 34.6 Å². The summed E-state index contributed by atoms with van der Waals surface area (Å²) in [6.45, 7) is 0. The third kappa shape index (κ3) is 5.68. The summed E-state index contributed by atoms with van der Waals surface area (Å²) in [4.78, 5) is 31.6. The summed E-state index contributed by atoms with van der Waals surface area (Å²) >= 11 is 13.2. The van der Waals surface area contributed by atoms with Gasteiger partial charge in [-0.25, -0.2) is 0 Å². The Kier molecular flexibility index (Phi) is 9.15. The molecule has 4 atom stereocenters. The number of hydrazone groups is 2. The molecule has 0 saturated carbocycles. The van der Waals surface area contributed by atoms with Crippen molar-refractivity contribution in [1.82, 2.24) is 0 Å². The highest BCUT2D eigenvalue weighted by molar-refractivity contribution is 6.50. The van der Waals surface area contributed by atoms with E-state index in [0.29, 0.717) is 45.4 Å². The second kappa shape index (κ2) is 14.5. The van der Waals surface area contributed by atoms with Crippen LogP contribution >= 0.6 is 23.2 Å². The predicted molar refractivity (Wildman–Crippen MR) is 234 cm³/mol. The molecule has 286 valence electrons. The number of hydrogen-bond acceptors (Lipinski definition) is 6. The molecule has 0 bridgehead atoms. The first-order chi connectivity index (χ1) is 28.4. The van der Waals surface area contributed by atoms with Gasteiger partial charge in [-0.15, -0.1) is 0 Å². The first kappa shape index (κ1) is 36.5. The van der Waals surface area contributed by atoms with Crippen LogP contribution in [0.25, 0.3) is 0 Å². The van der Waals surface area contributed by atoms with E-state index in [1.54, 1.807) is 0 Å². The van der Waals surface area contributed by atoms with Crippen molar-refractivity contribution in [2.45, 2.75) is 61.4 Å². The van der Waals surface area contributed by atoms with Crippen LogP contribution in [0.4, 0.5) is 11.4 Å². The highest BCUT2D eigenvalue weighted by atomic mass is 35.5. The van der Waals surface area contributed by atoms with Crippen LogP contribution in [0.5, 0.6) is 0 Å². The molecule has 6 aromatic carbocycles. The van der Waals surface area contributed by atoms with E-state index < -0.39 is 22.9 Å². The van der Waals surface area contributed by atoms with Crippen LogP contribution in [-0.2, 0) is 12.8 Å². The highest BCUT2D eigenvalue weighted by Crippen LogP contribution is 2.55. The summed E-state index contributed by atoms with van der Waals surface area (Å²) in [5.74, 6) is -1.14. The number of aryl methyl sites for hydroxylation is 2. The predicted octanol–water partition coefficient (Wildman–Crippen LogP) is 11.5. The zero-order valence-corrected chi connectivity index (χ0v) is 33.3. The Morgan fingerprint density at radius 1 is 0.466 bits per heavy atom. The van der Waals surface area contributed by atoms with Crippen molar-refractivity contribution in [3.05, 3.63) is 201 Å². The number of ketones is 2. The third-order valence-corrected chi connectivity index (χ3v) is 13.2. The second-order valence-corrected chi connectivity index (χ2v) is 16.6. The monoisotopic (exact) mass is 798 g/mol. The highest BCUT2D eigenvalue weighted by Gasteiger charge is 2.64. The zero-order valence-electron chi connectivity index (χ0n) is 31.8. The summed E-state index contributed by atoms with van der Waals surface area (Å²) < 4.78 is 0. The first-order valence-electron chi connectivity index (χ1n) is 20.0. The summed E-state index contributed by atoms with van der Waals surface area (Å²) in [6.07, 6.45) is 4.13. The van der Waals surface area contributed by atoms with Crippen molar-refractivity contribution >= 4 is 57.6 Å². The SMILES string of the molecule is O=C1c2ccccc2CCC[C@@]12[C@H](c1ccc(Cl)cc1)C(C1=NN(c3ccccc3)[C@]3(CCCc4ccccc4C3=O)[C@@H]1c1ccc(Cl)cc1)=NN2c1ccccc1. The van der Waals surface area contributed by atoms with E-state index >= 15 is 9.59 Å². The molecule has 2 heterocycles. The van der Waals surface area contributed by atoms with Crippen molar-refractivity contribution in [2.75, 3.05) is 10.0 Å². The van der Waals surface area contributed by atoms with Crippen LogP contribution in [0, 0.1) is 0 Å². The fraction of sp³-hybridized carbons (Fsp3) is 0.200. The van der Waals surface area contributed by atoms with E-state index in [4.69, 9.17) is 33.4 Å². The van der Waals surface area contributed by atoms with Gasteiger partial charge in [0.25, 0.3) is 0 Å². The van der Waals surface area contributed by atoms with Gasteiger partial charge >= 0.3 is 0 Å². The van der Waals surface area contributed by atoms with E-state index in [2.05, 4.69) is 12.1 Å². The fourth-order valence-electron chi connectivity index (χ4n) is 10.2. The number of anilines is 2. The molecular formula is C50H40Cl2N4O2. The van der Waals surface area contributed by atoms with Gasteiger partial charge in [-0.05, 0) is 109 Å². The quantitative estimate of drug-likeness (QED) is 0.174. The van der Waals surface area contributed by atoms with Crippen LogP contribution in [0.3, 0.4) is 0 Å². The van der Waals surface area contributed by atoms with Crippen LogP contribution in [-0.4, -0.2) is 34.1 Å². The molecule has 6 nitrogen and oxygen atoms in total. The van der Waals surface area contributed by atoms with Crippen molar-refractivity contribution < 1.29 is 9.59 Å². The molecule has 0 unspecified atom stereocenters. The molecule has 58 heavy (non-hydrogen) atoms. The number of halogens is 2. The normalized spacial score (nSPS) is 24.0. The van der Waals surface area contributed by atoms with Gasteiger partial charge in [0.15, 0.2) is 11.6 Å². The molecule has 0 radical (unpaired) electrons. The molecule has 0 aromatic heterocycles. The minimum Gasteiger partial charge on any atom is -0.291 e. The lowest BCUT2D eigenvalue weighted by atomic mass is 9.65. The topological polar surface area (TPSA) is 65.3 Å². The van der Waals surface area contributed by atoms with E-state index in [0.717, 1.165) is 59.3 Å². The Morgan fingerprint density at radius 3 is 1.22 bits per heavy atom. The first-order valence-corrected chi connectivity index (χ1v) is 20.8. The van der Waals surface area contributed by atoms with E-state index in [1.165, 1.54) is 0 Å². The standard InChI is InChI=1S/C50H40Cl2N4O2/c51-37-27-23-35(24-28-37)43-45(53-55(39-17-3-1-4-18-39)49(43)31-11-15-33-13-7-9-21-41(33)47(49)57)46-44(36-25-29-38(52)30-26-36)50(56(54-46)40-19-5-2-6-20-40)32-12-16-34-14-8-10-22-42(34)48(50)58/h1-10,13-14,17-30,43-44H,11-12,15-16,31-32H2/t43-,44-,49-,50-/m1/s1. The fourth-order valence-corrected chi connectivity index (χ4v) is 10.4. The third-order valence-electron chi connectivity index (χ3n) is 12.7. The summed E-state index contributed by atoms with van der Waals surface area (Å²) in [5.41, 5.74) is 5.87. The lowest BCUT2D eigenvalue weighted by molar-refractivity contribution is 0.0865. The van der Waals surface area contributed by atoms with Crippen LogP contribution in [0.1, 0.15) is 80.5 Å². The van der Waals surface area contributed by atoms with Crippen molar-refractivity contribution in [1.29, 1.82) is 0 Å². The minimum atomic E-state index is -1.17. The van der Waals surface area contributed by atoms with E-state index in [-0.39, 0.29) is 11.6 Å². The summed E-state index contributed by atoms with van der Waals surface area (Å²) in [6, 6.07) is 51.6. The molecule has 10 rings (SSSR count). The number of carbonyl (C=O) groups is 2. The molecule has 2 spiro atoms. The van der Waals surface area contributed by atoms with Crippen molar-refractivity contribution in [2.24, 2.45) is 10.2 Å². The molecule has 2 aliphatic heterocycles. The van der Waals surface area contributed by atoms with Gasteiger partial charge < -0.3 is 0 Å². The Hall–Kier alpha value is -5.82. The number of fused-ring (bicyclic) bond motifs is 2. The van der Waals surface area contributed by atoms with Gasteiger partial charge in [-0.2, -0.15) is 10.2 Å². The molecule has 0 N–H and O–H groups in total. The smallest absolute Gasteiger partial charge is 0.191 e. The van der Waals surface area contributed by atoms with Crippen molar-refractivity contribution in [3.8, 4) is 0 Å². The molecule has 4 aliphatic rings. The van der Waals surface area contributed by atoms with E-state index in [9.17, 15) is 0 Å². The van der Waals surface area contributed by atoms with Crippen molar-refractivity contribution in [3.63, 3.8) is 0 Å². The number of benzene rings is 6. The molecule has 0 saturated heterocycles. The number of rotatable bonds is 5. The molecule has 6 aromatic rings. The van der Waals surface area contributed by atoms with Gasteiger partial charge in [0.1, 0.15) is 11.1 Å². The largest absolute Gasteiger partial charge is 0.291 e. The van der Waals surface area contributed by atoms with Gasteiger partial charge in [0.2, 0.25) is 0 Å². The Bertz CT molecular complexity index is 2430. The Morgan fingerprint density at radius 2 is 0.828 bits per heavy atom. The number of carbonyl (C=O) groups excluding carboxylic acids is 2. The summed E-state index contributed by atoms with van der Waals surface area (Å²) in [7, 11) is 0. The van der Waals surface area contributed by atoms with Gasteiger partial charge in [-0.3, -0.25) is 19.6 Å². The minimum absolute atomic E-state index is 0.0129. The van der Waals surface area contributed by atoms with Crippen LogP contribution < -0.4 is 10.0 Å². The lowest BCUT2D eigenvalue weighted by Gasteiger charge is -2.41. The van der Waals surface area contributed by atoms with Gasteiger partial charge in [-0.1, -0.05) is 132 Å².